The third-order valence-electron chi connectivity index (χ3n) is 3.79. The zero-order valence-electron chi connectivity index (χ0n) is 15.2. The van der Waals surface area contributed by atoms with E-state index < -0.39 is 11.2 Å². The average molecular weight is 402 g/mol. The number of aromatic nitrogens is 4. The highest BCUT2D eigenvalue weighted by Gasteiger charge is 2.07. The van der Waals surface area contributed by atoms with E-state index in [9.17, 15) is 10.1 Å². The molecule has 2 N–H and O–H groups in total. The van der Waals surface area contributed by atoms with E-state index in [1.807, 2.05) is 5.38 Å². The van der Waals surface area contributed by atoms with Crippen molar-refractivity contribution in [3.63, 3.8) is 0 Å². The number of methoxy groups -OCH3 is 2. The van der Waals surface area contributed by atoms with Crippen molar-refractivity contribution < 1.29 is 14.4 Å². The highest BCUT2D eigenvalue weighted by molar-refractivity contribution is 7.16. The van der Waals surface area contributed by atoms with Crippen molar-refractivity contribution in [2.24, 2.45) is 0 Å². The second-order valence-corrected chi connectivity index (χ2v) is 6.38. The molecule has 0 spiro atoms. The number of nitro groups is 1. The van der Waals surface area contributed by atoms with Gasteiger partial charge in [0.05, 0.1) is 29.7 Å². The first-order valence-corrected chi connectivity index (χ1v) is 9.06. The number of nitrogens with one attached hydrogen (secondary N) is 2. The van der Waals surface area contributed by atoms with Crippen LogP contribution in [0.25, 0.3) is 21.6 Å². The molecule has 0 fully saturated rings. The van der Waals surface area contributed by atoms with E-state index in [4.69, 9.17) is 9.47 Å². The van der Waals surface area contributed by atoms with Crippen molar-refractivity contribution in [3.8, 4) is 11.3 Å². The van der Waals surface area contributed by atoms with Crippen molar-refractivity contribution in [1.82, 2.24) is 19.9 Å². The summed E-state index contributed by atoms with van der Waals surface area (Å²) in [6.07, 6.45) is 2.75. The Kier molecular flexibility index (Phi) is 6.42. The number of nitrogens with zero attached hydrogens (tertiary/aromatic N) is 4. The number of fused-ring (bicyclic) bond motifs is 1. The van der Waals surface area contributed by atoms with Crippen molar-refractivity contribution in [2.75, 3.05) is 26.1 Å². The van der Waals surface area contributed by atoms with E-state index in [0.29, 0.717) is 22.8 Å². The molecule has 0 atom stereocenters. The lowest BCUT2D eigenvalue weighted by molar-refractivity contribution is -0.384. The van der Waals surface area contributed by atoms with Gasteiger partial charge in [-0.15, -0.1) is 11.3 Å². The number of H-pyrrole nitrogens is 1. The molecule has 3 rings (SSSR count). The molecule has 0 aliphatic rings. The van der Waals surface area contributed by atoms with Crippen molar-refractivity contribution in [1.29, 1.82) is 0 Å². The van der Waals surface area contributed by atoms with Gasteiger partial charge in [0.15, 0.2) is 6.29 Å². The maximum Gasteiger partial charge on any atom is 0.269 e. The molecule has 11 heteroatoms. The van der Waals surface area contributed by atoms with Crippen LogP contribution < -0.4 is 5.32 Å². The maximum absolute atomic E-state index is 10.8. The van der Waals surface area contributed by atoms with Gasteiger partial charge in [0.2, 0.25) is 5.95 Å². The number of rotatable bonds is 7. The van der Waals surface area contributed by atoms with Gasteiger partial charge in [-0.1, -0.05) is 0 Å². The second-order valence-electron chi connectivity index (χ2n) is 5.52. The average Bonchev–Trinajstić information content (AvgIpc) is 2.70. The predicted octanol–water partition coefficient (Wildman–Crippen LogP) is 3.14. The number of hydrogen-bond donors (Lipinski definition) is 2. The Labute approximate surface area is 164 Å². The highest BCUT2D eigenvalue weighted by atomic mass is 32.1. The highest BCUT2D eigenvalue weighted by Crippen LogP contribution is 2.22. The lowest BCUT2D eigenvalue weighted by atomic mass is 10.1. The summed E-state index contributed by atoms with van der Waals surface area (Å²) < 4.78 is 10.3. The fraction of sp³-hybridized carbons (Fsp3) is 0.235. The Morgan fingerprint density at radius 3 is 2.68 bits per heavy atom. The normalized spacial score (nSPS) is 10.8. The first-order chi connectivity index (χ1) is 13.6. The number of anilines is 1. The smallest absolute Gasteiger partial charge is 0.269 e. The summed E-state index contributed by atoms with van der Waals surface area (Å²) in [5, 5.41) is 15.7. The first kappa shape index (κ1) is 19.6. The summed E-state index contributed by atoms with van der Waals surface area (Å²) >= 11 is 1.37. The summed E-state index contributed by atoms with van der Waals surface area (Å²) in [4.78, 5) is 27.2. The van der Waals surface area contributed by atoms with Gasteiger partial charge in [-0.05, 0) is 17.7 Å². The summed E-state index contributed by atoms with van der Waals surface area (Å²) in [5.41, 5.74) is 2.21. The number of benzene rings is 1. The van der Waals surface area contributed by atoms with Gasteiger partial charge in [0.1, 0.15) is 10.3 Å². The fourth-order valence-corrected chi connectivity index (χ4v) is 3.09. The molecular formula is C17H18N6O4S. The fourth-order valence-electron chi connectivity index (χ4n) is 2.29. The van der Waals surface area contributed by atoms with E-state index in [1.165, 1.54) is 29.8 Å². The molecule has 146 valence electrons. The Morgan fingerprint density at radius 2 is 2.00 bits per heavy atom. The van der Waals surface area contributed by atoms with Gasteiger partial charge in [-0.2, -0.15) is 0 Å². The standard InChI is InChI=1S/C17H18N6O4S/c1-26-15(27-2)8-19-17-18-7-13-16(22-17)28-9-14(21-10-20-13)11-3-5-12(6-4-11)23(24)25/h3-7,9-10,15H,8H2,1-2H3,(H,20,21)(H,18,19,22). The third-order valence-corrected chi connectivity index (χ3v) is 4.67. The van der Waals surface area contributed by atoms with Gasteiger partial charge in [-0.25, -0.2) is 15.0 Å². The zero-order valence-corrected chi connectivity index (χ0v) is 16.0. The molecule has 1 aromatic carbocycles. The predicted molar refractivity (Wildman–Crippen MR) is 106 cm³/mol. The number of hydrogen-bond acceptors (Lipinski definition) is 9. The number of aromatic amines is 1. The van der Waals surface area contributed by atoms with E-state index in [1.54, 1.807) is 32.5 Å². The Balaban J connectivity index is 1.89. The quantitative estimate of drug-likeness (QED) is 0.350. The van der Waals surface area contributed by atoms with Gasteiger partial charge in [-0.3, -0.25) is 10.1 Å². The molecule has 0 aliphatic carbocycles. The molecule has 2 heterocycles. The summed E-state index contributed by atoms with van der Waals surface area (Å²) in [6, 6.07) is 6.27. The van der Waals surface area contributed by atoms with E-state index in [-0.39, 0.29) is 5.69 Å². The summed E-state index contributed by atoms with van der Waals surface area (Å²) in [6.45, 7) is 0.394. The zero-order chi connectivity index (χ0) is 19.9. The molecule has 28 heavy (non-hydrogen) atoms. The minimum Gasteiger partial charge on any atom is -0.354 e. The summed E-state index contributed by atoms with van der Waals surface area (Å²) in [7, 11) is 3.11. The minimum atomic E-state index is -0.431. The lowest BCUT2D eigenvalue weighted by Crippen LogP contribution is -2.24. The molecule has 0 unspecified atom stereocenters. The lowest BCUT2D eigenvalue weighted by Gasteiger charge is -2.13. The van der Waals surface area contributed by atoms with Crippen LogP contribution in [0.15, 0.2) is 42.2 Å². The minimum absolute atomic E-state index is 0.0377. The van der Waals surface area contributed by atoms with Gasteiger partial charge in [0, 0.05) is 31.7 Å². The number of nitro benzene ring substituents is 1. The van der Waals surface area contributed by atoms with Crippen molar-refractivity contribution in [2.45, 2.75) is 6.29 Å². The van der Waals surface area contributed by atoms with Crippen LogP contribution >= 0.6 is 11.3 Å². The summed E-state index contributed by atoms with van der Waals surface area (Å²) in [5.74, 6) is 0.430. The maximum atomic E-state index is 10.8. The van der Waals surface area contributed by atoms with Crippen LogP contribution in [0, 0.1) is 10.1 Å². The first-order valence-electron chi connectivity index (χ1n) is 8.18. The Bertz CT molecular complexity index is 998. The number of non-ortho nitro benzene ring substituents is 1. The van der Waals surface area contributed by atoms with Crippen LogP contribution in [-0.2, 0) is 9.47 Å². The van der Waals surface area contributed by atoms with E-state index in [0.717, 1.165) is 11.3 Å². The largest absolute Gasteiger partial charge is 0.354 e. The monoisotopic (exact) mass is 402 g/mol. The molecule has 0 amide bonds. The van der Waals surface area contributed by atoms with Gasteiger partial charge in [0.25, 0.3) is 5.69 Å². The van der Waals surface area contributed by atoms with E-state index in [2.05, 4.69) is 25.3 Å². The van der Waals surface area contributed by atoms with Gasteiger partial charge >= 0.3 is 0 Å². The third kappa shape index (κ3) is 4.76. The molecule has 3 aromatic rings. The molecule has 0 aliphatic heterocycles. The number of ether oxygens (including phenoxy) is 2. The van der Waals surface area contributed by atoms with Gasteiger partial charge < -0.3 is 19.8 Å². The van der Waals surface area contributed by atoms with E-state index >= 15 is 0 Å². The molecule has 2 aromatic heterocycles. The SMILES string of the molecule is COC(CNc1ncc2nc[nH]c(-c3ccc([N+](=O)[O-])cc3)csc2n1)OC. The molecular weight excluding hydrogens is 384 g/mol. The van der Waals surface area contributed by atoms with Crippen LogP contribution in [0.3, 0.4) is 0 Å². The van der Waals surface area contributed by atoms with Crippen molar-refractivity contribution >= 4 is 33.3 Å². The Morgan fingerprint density at radius 1 is 1.25 bits per heavy atom. The van der Waals surface area contributed by atoms with Crippen LogP contribution in [0.1, 0.15) is 0 Å². The molecule has 0 saturated carbocycles. The molecule has 0 saturated heterocycles. The van der Waals surface area contributed by atoms with Crippen LogP contribution in [-0.4, -0.2) is 51.9 Å². The Hall–Kier alpha value is -3.15. The van der Waals surface area contributed by atoms with Crippen LogP contribution in [0.4, 0.5) is 11.6 Å². The second kappa shape index (κ2) is 9.17. The van der Waals surface area contributed by atoms with Crippen molar-refractivity contribution in [3.05, 3.63) is 52.3 Å². The van der Waals surface area contributed by atoms with Crippen LogP contribution in [0.5, 0.6) is 0 Å². The molecule has 0 bridgehead atoms. The topological polar surface area (TPSA) is 128 Å². The molecule has 0 radical (unpaired) electrons. The molecule has 10 nitrogen and oxygen atoms in total. The van der Waals surface area contributed by atoms with Crippen LogP contribution in [0.2, 0.25) is 0 Å².